The van der Waals surface area contributed by atoms with E-state index in [0.29, 0.717) is 24.5 Å². The number of carbonyl (C=O) groups is 2. The van der Waals surface area contributed by atoms with Gasteiger partial charge in [-0.1, -0.05) is 173 Å². The number of esters is 1. The molecule has 1 fully saturated rings. The molecular weight excluding hydrogens is 817 g/mol. The Morgan fingerprint density at radius 1 is 0.707 bits per heavy atom. The molecule has 0 aliphatic heterocycles. The van der Waals surface area contributed by atoms with Gasteiger partial charge in [0.15, 0.2) is 16.6 Å². The van der Waals surface area contributed by atoms with E-state index in [1.807, 2.05) is 0 Å². The van der Waals surface area contributed by atoms with Crippen LogP contribution in [0, 0.1) is 5.92 Å². The number of ketones is 1. The highest BCUT2D eigenvalue weighted by Gasteiger charge is 2.41. The van der Waals surface area contributed by atoms with E-state index in [9.17, 15) is 9.59 Å². The largest absolute Gasteiger partial charge is 0.469 e. The lowest BCUT2D eigenvalue weighted by Crippen LogP contribution is -2.41. The number of methoxy groups -OCH3 is 1. The molecule has 8 heteroatoms. The molecule has 4 atom stereocenters. The summed E-state index contributed by atoms with van der Waals surface area (Å²) in [7, 11) is -2.17. The normalized spacial score (nSPS) is 17.2. The van der Waals surface area contributed by atoms with Crippen LogP contribution in [0.5, 0.6) is 0 Å². The molecule has 1 aliphatic rings. The fraction of sp³-hybridized carbons (Fsp3) is 0.720. The molecule has 2 aromatic rings. The Balaban J connectivity index is 0.000000652. The predicted molar refractivity (Wildman–Crippen MR) is 258 cm³/mol. The van der Waals surface area contributed by atoms with Crippen molar-refractivity contribution in [1.29, 1.82) is 0 Å². The average molecular weight is 904 g/mol. The summed E-state index contributed by atoms with van der Waals surface area (Å²) in [6.45, 7) is 27.7. The van der Waals surface area contributed by atoms with Crippen LogP contribution in [0.2, 0.25) is 36.3 Å². The lowest BCUT2D eigenvalue weighted by atomic mass is 9.84. The first-order chi connectivity index (χ1) is 26.7. The monoisotopic (exact) mass is 903 g/mol. The highest BCUT2D eigenvalue weighted by molar-refractivity contribution is 9.10. The van der Waals surface area contributed by atoms with E-state index in [4.69, 9.17) is 13.6 Å². The van der Waals surface area contributed by atoms with Crippen LogP contribution in [-0.2, 0) is 23.2 Å². The number of benzene rings is 2. The summed E-state index contributed by atoms with van der Waals surface area (Å²) in [4.78, 5) is 24.0. The summed E-state index contributed by atoms with van der Waals surface area (Å²) in [5, 5.41) is 0.443. The molecule has 3 rings (SSSR count). The van der Waals surface area contributed by atoms with Gasteiger partial charge in [0.1, 0.15) is 5.78 Å². The smallest absolute Gasteiger partial charge is 0.305 e. The number of hydrogen-bond donors (Lipinski definition) is 0. The van der Waals surface area contributed by atoms with E-state index in [2.05, 4.69) is 146 Å². The minimum atomic E-state index is -1.87. The van der Waals surface area contributed by atoms with Crippen LogP contribution in [-0.4, -0.2) is 35.5 Å². The lowest BCUT2D eigenvalue weighted by Gasteiger charge is -2.39. The van der Waals surface area contributed by atoms with Crippen LogP contribution in [0.15, 0.2) is 53.0 Å². The number of ether oxygens (including phenoxy) is 1. The van der Waals surface area contributed by atoms with E-state index >= 15 is 0 Å². The van der Waals surface area contributed by atoms with Crippen molar-refractivity contribution in [3.63, 3.8) is 0 Å². The molecular formula is C50H87BrO5Si2. The summed E-state index contributed by atoms with van der Waals surface area (Å²) in [5.74, 6) is 0.769. The molecule has 0 heterocycles. The Morgan fingerprint density at radius 2 is 1.16 bits per heavy atom. The van der Waals surface area contributed by atoms with E-state index in [0.717, 1.165) is 55.8 Å². The molecule has 1 saturated carbocycles. The maximum Gasteiger partial charge on any atom is 0.305 e. The van der Waals surface area contributed by atoms with Crippen molar-refractivity contribution in [2.45, 2.75) is 220 Å². The van der Waals surface area contributed by atoms with Crippen LogP contribution >= 0.6 is 15.9 Å². The molecule has 0 saturated heterocycles. The Morgan fingerprint density at radius 3 is 1.59 bits per heavy atom. The molecule has 332 valence electrons. The van der Waals surface area contributed by atoms with Crippen molar-refractivity contribution in [3.8, 4) is 0 Å². The van der Waals surface area contributed by atoms with E-state index in [-0.39, 0.29) is 41.6 Å². The van der Waals surface area contributed by atoms with Crippen molar-refractivity contribution >= 4 is 44.3 Å². The van der Waals surface area contributed by atoms with Gasteiger partial charge in [0.25, 0.3) is 0 Å². The number of rotatable bonds is 22. The number of halogens is 1. The molecule has 0 radical (unpaired) electrons. The highest BCUT2D eigenvalue weighted by Crippen LogP contribution is 2.44. The first-order valence-electron chi connectivity index (χ1n) is 22.5. The zero-order chi connectivity index (χ0) is 42.9. The van der Waals surface area contributed by atoms with Gasteiger partial charge in [-0.3, -0.25) is 9.59 Å². The molecule has 58 heavy (non-hydrogen) atoms. The molecule has 5 nitrogen and oxygen atoms in total. The van der Waals surface area contributed by atoms with Crippen LogP contribution in [0.1, 0.15) is 200 Å². The number of carbonyl (C=O) groups excluding carboxylic acids is 2. The Bertz CT molecular complexity index is 1440. The Hall–Kier alpha value is -1.59. The summed E-state index contributed by atoms with van der Waals surface area (Å²) >= 11 is 3.52. The van der Waals surface area contributed by atoms with Crippen molar-refractivity contribution in [2.75, 3.05) is 7.11 Å². The minimum Gasteiger partial charge on any atom is -0.469 e. The Kier molecular flexibility index (Phi) is 24.4. The van der Waals surface area contributed by atoms with Crippen LogP contribution in [0.4, 0.5) is 0 Å². The van der Waals surface area contributed by atoms with Gasteiger partial charge in [-0.05, 0) is 103 Å². The molecule has 0 bridgehead atoms. The molecule has 2 aromatic carbocycles. The van der Waals surface area contributed by atoms with Gasteiger partial charge in [-0.2, -0.15) is 0 Å². The number of hydrogen-bond acceptors (Lipinski definition) is 5. The third kappa shape index (κ3) is 18.2. The topological polar surface area (TPSA) is 61.8 Å². The summed E-state index contributed by atoms with van der Waals surface area (Å²) < 4.78 is 19.4. The first kappa shape index (κ1) is 54.4. The van der Waals surface area contributed by atoms with Gasteiger partial charge in [-0.25, -0.2) is 0 Å². The summed E-state index contributed by atoms with van der Waals surface area (Å²) in [5.41, 5.74) is 3.91. The van der Waals surface area contributed by atoms with Gasteiger partial charge < -0.3 is 13.6 Å². The number of Topliss-reactive ketones (excluding diaryl/α,β-unsaturated/α-hetero) is 1. The molecule has 0 spiro atoms. The van der Waals surface area contributed by atoms with Crippen LogP contribution in [0.3, 0.4) is 0 Å². The van der Waals surface area contributed by atoms with E-state index in [1.54, 1.807) is 0 Å². The van der Waals surface area contributed by atoms with Gasteiger partial charge in [0.05, 0.1) is 19.3 Å². The molecule has 0 amide bonds. The fourth-order valence-electron chi connectivity index (χ4n) is 7.21. The maximum atomic E-state index is 12.7. The van der Waals surface area contributed by atoms with Gasteiger partial charge in [-0.15, -0.1) is 0 Å². The molecule has 0 unspecified atom stereocenters. The van der Waals surface area contributed by atoms with Crippen molar-refractivity contribution in [3.05, 3.63) is 69.7 Å². The lowest BCUT2D eigenvalue weighted by molar-refractivity contribution is -0.140. The predicted octanol–water partition coefficient (Wildman–Crippen LogP) is 16.6. The van der Waals surface area contributed by atoms with E-state index < -0.39 is 16.6 Å². The highest BCUT2D eigenvalue weighted by atomic mass is 79.9. The molecule has 1 aliphatic carbocycles. The van der Waals surface area contributed by atoms with Crippen LogP contribution in [0.25, 0.3) is 0 Å². The second-order valence-corrected chi connectivity index (χ2v) is 30.1. The summed E-state index contributed by atoms with van der Waals surface area (Å²) in [6.07, 6.45) is 17.1. The maximum absolute atomic E-state index is 12.7. The molecule has 0 aromatic heterocycles. The minimum absolute atomic E-state index is 0. The zero-order valence-corrected chi connectivity index (χ0v) is 42.2. The SMILES string of the molecule is C.CCCCC[C@@H](O[Si](C)(C)C(C)(C)C)c1ccc([C@@H]2CCC(=O)[C@H]2CCCCCCC(=O)OC)cc1.CCCCC[C@H](O[Si](C)(C)C(C)(C)C)c1ccc(Br)cc1. The standard InChI is InChI=1S/C31H52O4Si.C18H31BrOSi.CH4/c1-8-9-12-16-29(35-36(6,7)31(2,3)4)25-20-18-24(19-21-25)26-22-23-28(32)27(26)15-13-10-11-14-17-30(33)34-5;1-7-8-9-10-17(15-11-13-16(19)14-12-15)20-21(5,6)18(2,3)4;/h18-21,26-27,29H,8-17,22-23H2,1-7H3;11-14,17H,7-10H2,1-6H3;1H4/t26-,27-,29+;17-;/m00./s1. The van der Waals surface area contributed by atoms with E-state index in [1.165, 1.54) is 62.3 Å². The second kappa shape index (κ2) is 26.0. The number of unbranched alkanes of at least 4 members (excludes halogenated alkanes) is 7. The third-order valence-corrected chi connectivity index (χ3v) is 22.6. The van der Waals surface area contributed by atoms with Crippen molar-refractivity contribution in [1.82, 2.24) is 0 Å². The third-order valence-electron chi connectivity index (χ3n) is 13.1. The average Bonchev–Trinajstić information content (AvgIpc) is 3.51. The van der Waals surface area contributed by atoms with Gasteiger partial charge >= 0.3 is 5.97 Å². The van der Waals surface area contributed by atoms with Crippen molar-refractivity contribution < 1.29 is 23.2 Å². The van der Waals surface area contributed by atoms with Crippen LogP contribution < -0.4 is 0 Å². The van der Waals surface area contributed by atoms with Gasteiger partial charge in [0, 0.05) is 23.2 Å². The van der Waals surface area contributed by atoms with Gasteiger partial charge in [0.2, 0.25) is 0 Å². The molecule has 0 N–H and O–H groups in total. The zero-order valence-electron chi connectivity index (χ0n) is 38.7. The first-order valence-corrected chi connectivity index (χ1v) is 29.1. The Labute approximate surface area is 368 Å². The summed E-state index contributed by atoms with van der Waals surface area (Å²) in [6, 6.07) is 17.7. The fourth-order valence-corrected chi connectivity index (χ4v) is 10.1. The second-order valence-electron chi connectivity index (χ2n) is 19.7. The quantitative estimate of drug-likeness (QED) is 0.0669. The van der Waals surface area contributed by atoms with Crippen molar-refractivity contribution in [2.24, 2.45) is 5.92 Å².